The second-order valence-corrected chi connectivity index (χ2v) is 2.61. The predicted octanol–water partition coefficient (Wildman–Crippen LogP) is 0.767. The Morgan fingerprint density at radius 3 is 2.73 bits per heavy atom. The van der Waals surface area contributed by atoms with Crippen molar-refractivity contribution < 1.29 is 9.53 Å². The van der Waals surface area contributed by atoms with Crippen molar-refractivity contribution in [3.05, 3.63) is 11.6 Å². The SMILES string of the molecule is CCC1=CC(=O)N(C)C1OC. The molecule has 3 heteroatoms. The minimum Gasteiger partial charge on any atom is -0.358 e. The van der Waals surface area contributed by atoms with Crippen molar-refractivity contribution in [2.75, 3.05) is 14.2 Å². The van der Waals surface area contributed by atoms with Crippen molar-refractivity contribution in [1.29, 1.82) is 0 Å². The second-order valence-electron chi connectivity index (χ2n) is 2.61. The van der Waals surface area contributed by atoms with E-state index in [9.17, 15) is 4.79 Å². The fourth-order valence-electron chi connectivity index (χ4n) is 1.28. The smallest absolute Gasteiger partial charge is 0.248 e. The van der Waals surface area contributed by atoms with Gasteiger partial charge in [-0.3, -0.25) is 4.79 Å². The largest absolute Gasteiger partial charge is 0.358 e. The van der Waals surface area contributed by atoms with E-state index in [1.807, 2.05) is 6.92 Å². The Balaban J connectivity index is 2.78. The lowest BCUT2D eigenvalue weighted by Crippen LogP contribution is -2.32. The van der Waals surface area contributed by atoms with Gasteiger partial charge in [0.1, 0.15) is 0 Å². The number of rotatable bonds is 2. The predicted molar refractivity (Wildman–Crippen MR) is 41.9 cm³/mol. The Kier molecular flexibility index (Phi) is 2.29. The van der Waals surface area contributed by atoms with Crippen LogP contribution >= 0.6 is 0 Å². The van der Waals surface area contributed by atoms with Crippen molar-refractivity contribution in [2.45, 2.75) is 19.6 Å². The standard InChI is InChI=1S/C8H13NO2/c1-4-6-5-7(10)9(2)8(6)11-3/h5,8H,4H2,1-3H3. The van der Waals surface area contributed by atoms with Crippen LogP contribution in [-0.2, 0) is 9.53 Å². The molecule has 11 heavy (non-hydrogen) atoms. The molecule has 3 nitrogen and oxygen atoms in total. The molecule has 0 saturated carbocycles. The highest BCUT2D eigenvalue weighted by molar-refractivity contribution is 5.91. The first kappa shape index (κ1) is 8.27. The highest BCUT2D eigenvalue weighted by atomic mass is 16.5. The van der Waals surface area contributed by atoms with Crippen molar-refractivity contribution >= 4 is 5.91 Å². The molecule has 1 aliphatic heterocycles. The Hall–Kier alpha value is -0.830. The molecule has 62 valence electrons. The summed E-state index contributed by atoms with van der Waals surface area (Å²) in [5.74, 6) is 0.0358. The highest BCUT2D eigenvalue weighted by Gasteiger charge is 2.27. The Bertz CT molecular complexity index is 198. The van der Waals surface area contributed by atoms with Crippen molar-refractivity contribution in [2.24, 2.45) is 0 Å². The van der Waals surface area contributed by atoms with E-state index in [0.717, 1.165) is 12.0 Å². The summed E-state index contributed by atoms with van der Waals surface area (Å²) in [4.78, 5) is 12.7. The third-order valence-corrected chi connectivity index (χ3v) is 1.96. The zero-order chi connectivity index (χ0) is 8.43. The van der Waals surface area contributed by atoms with E-state index in [4.69, 9.17) is 4.74 Å². The highest BCUT2D eigenvalue weighted by Crippen LogP contribution is 2.20. The summed E-state index contributed by atoms with van der Waals surface area (Å²) in [5.41, 5.74) is 1.06. The summed E-state index contributed by atoms with van der Waals surface area (Å²) in [6.45, 7) is 2.02. The van der Waals surface area contributed by atoms with Crippen molar-refractivity contribution in [3.8, 4) is 0 Å². The molecule has 0 spiro atoms. The molecule has 0 aromatic heterocycles. The third kappa shape index (κ3) is 1.28. The molecule has 1 amide bonds. The summed E-state index contributed by atoms with van der Waals surface area (Å²) in [6, 6.07) is 0. The topological polar surface area (TPSA) is 29.5 Å². The zero-order valence-corrected chi connectivity index (χ0v) is 7.13. The lowest BCUT2D eigenvalue weighted by Gasteiger charge is -2.20. The Labute approximate surface area is 66.6 Å². The molecule has 0 fully saturated rings. The molecule has 1 rings (SSSR count). The zero-order valence-electron chi connectivity index (χ0n) is 7.13. The van der Waals surface area contributed by atoms with Crippen LogP contribution in [0.15, 0.2) is 11.6 Å². The van der Waals surface area contributed by atoms with Gasteiger partial charge in [-0.1, -0.05) is 6.92 Å². The van der Waals surface area contributed by atoms with Gasteiger partial charge in [0.25, 0.3) is 0 Å². The molecule has 0 aromatic rings. The number of methoxy groups -OCH3 is 1. The van der Waals surface area contributed by atoms with E-state index in [-0.39, 0.29) is 12.1 Å². The van der Waals surface area contributed by atoms with Crippen molar-refractivity contribution in [1.82, 2.24) is 4.90 Å². The molecule has 0 radical (unpaired) electrons. The van der Waals surface area contributed by atoms with Gasteiger partial charge in [-0.05, 0) is 12.0 Å². The number of hydrogen-bond donors (Lipinski definition) is 0. The van der Waals surface area contributed by atoms with Crippen LogP contribution in [0.4, 0.5) is 0 Å². The summed E-state index contributed by atoms with van der Waals surface area (Å²) in [6.07, 6.45) is 2.38. The maximum absolute atomic E-state index is 11.1. The minimum atomic E-state index is -0.132. The number of hydrogen-bond acceptors (Lipinski definition) is 2. The van der Waals surface area contributed by atoms with Crippen LogP contribution in [0.25, 0.3) is 0 Å². The first-order valence-corrected chi connectivity index (χ1v) is 3.70. The monoisotopic (exact) mass is 155 g/mol. The van der Waals surface area contributed by atoms with E-state index in [2.05, 4.69) is 0 Å². The molecular weight excluding hydrogens is 142 g/mol. The molecule has 0 aliphatic carbocycles. The summed E-state index contributed by atoms with van der Waals surface area (Å²) < 4.78 is 5.13. The molecule has 0 N–H and O–H groups in total. The van der Waals surface area contributed by atoms with Crippen LogP contribution in [0.5, 0.6) is 0 Å². The fourth-order valence-corrected chi connectivity index (χ4v) is 1.28. The average molecular weight is 155 g/mol. The number of ether oxygens (including phenoxy) is 1. The normalized spacial score (nSPS) is 24.3. The van der Waals surface area contributed by atoms with Gasteiger partial charge in [0.05, 0.1) is 0 Å². The van der Waals surface area contributed by atoms with E-state index < -0.39 is 0 Å². The molecular formula is C8H13NO2. The maximum Gasteiger partial charge on any atom is 0.248 e. The maximum atomic E-state index is 11.1. The lowest BCUT2D eigenvalue weighted by atomic mass is 10.2. The van der Waals surface area contributed by atoms with Crippen LogP contribution in [0.2, 0.25) is 0 Å². The quantitative estimate of drug-likeness (QED) is 0.589. The first-order valence-electron chi connectivity index (χ1n) is 3.70. The Morgan fingerprint density at radius 1 is 1.73 bits per heavy atom. The minimum absolute atomic E-state index is 0.0358. The van der Waals surface area contributed by atoms with Crippen LogP contribution < -0.4 is 0 Å². The number of amides is 1. The lowest BCUT2D eigenvalue weighted by molar-refractivity contribution is -0.130. The molecule has 1 atom stereocenters. The van der Waals surface area contributed by atoms with Crippen LogP contribution in [0.3, 0.4) is 0 Å². The van der Waals surface area contributed by atoms with E-state index >= 15 is 0 Å². The molecule has 1 aliphatic rings. The van der Waals surface area contributed by atoms with Gasteiger partial charge >= 0.3 is 0 Å². The van der Waals surface area contributed by atoms with Gasteiger partial charge in [0.15, 0.2) is 6.23 Å². The number of nitrogens with zero attached hydrogens (tertiary/aromatic N) is 1. The van der Waals surface area contributed by atoms with Gasteiger partial charge in [0.2, 0.25) is 5.91 Å². The number of likely N-dealkylation sites (N-methyl/N-ethyl adjacent to an activating group) is 1. The van der Waals surface area contributed by atoms with Crippen molar-refractivity contribution in [3.63, 3.8) is 0 Å². The first-order chi connectivity index (χ1) is 5.20. The molecule has 1 unspecified atom stereocenters. The Morgan fingerprint density at radius 2 is 2.36 bits per heavy atom. The molecule has 0 saturated heterocycles. The van der Waals surface area contributed by atoms with Crippen LogP contribution in [-0.4, -0.2) is 31.2 Å². The fraction of sp³-hybridized carbons (Fsp3) is 0.625. The van der Waals surface area contributed by atoms with Gasteiger partial charge in [0, 0.05) is 20.2 Å². The van der Waals surface area contributed by atoms with Gasteiger partial charge < -0.3 is 9.64 Å². The molecule has 0 bridgehead atoms. The average Bonchev–Trinajstić information content (AvgIpc) is 2.28. The van der Waals surface area contributed by atoms with Gasteiger partial charge in [-0.15, -0.1) is 0 Å². The van der Waals surface area contributed by atoms with E-state index in [1.54, 1.807) is 25.1 Å². The number of carbonyl (C=O) groups excluding carboxylic acids is 1. The van der Waals surface area contributed by atoms with E-state index in [0.29, 0.717) is 0 Å². The van der Waals surface area contributed by atoms with E-state index in [1.165, 1.54) is 0 Å². The summed E-state index contributed by atoms with van der Waals surface area (Å²) in [5, 5.41) is 0. The molecule has 1 heterocycles. The second kappa shape index (κ2) is 3.05. The number of carbonyl (C=O) groups is 1. The van der Waals surface area contributed by atoms with Gasteiger partial charge in [-0.25, -0.2) is 0 Å². The third-order valence-electron chi connectivity index (χ3n) is 1.96. The van der Waals surface area contributed by atoms with Crippen LogP contribution in [0.1, 0.15) is 13.3 Å². The van der Waals surface area contributed by atoms with Crippen LogP contribution in [0, 0.1) is 0 Å². The summed E-state index contributed by atoms with van der Waals surface area (Å²) >= 11 is 0. The van der Waals surface area contributed by atoms with Gasteiger partial charge in [-0.2, -0.15) is 0 Å². The summed E-state index contributed by atoms with van der Waals surface area (Å²) in [7, 11) is 3.36. The molecule has 0 aromatic carbocycles.